The minimum absolute atomic E-state index is 0.0348. The summed E-state index contributed by atoms with van der Waals surface area (Å²) in [6.07, 6.45) is 3.22. The summed E-state index contributed by atoms with van der Waals surface area (Å²) in [5.41, 5.74) is 11.7. The lowest BCUT2D eigenvalue weighted by Crippen LogP contribution is -2.35. The van der Waals surface area contributed by atoms with Crippen LogP contribution in [0.3, 0.4) is 0 Å². The maximum Gasteiger partial charge on any atom is 0.263 e. The molecule has 11 nitrogen and oxygen atoms in total. The van der Waals surface area contributed by atoms with E-state index in [9.17, 15) is 13.2 Å². The Morgan fingerprint density at radius 1 is 1.13 bits per heavy atom. The van der Waals surface area contributed by atoms with E-state index in [4.69, 9.17) is 20.9 Å². The summed E-state index contributed by atoms with van der Waals surface area (Å²) >= 11 is 0. The van der Waals surface area contributed by atoms with E-state index in [0.29, 0.717) is 18.7 Å². The van der Waals surface area contributed by atoms with Crippen molar-refractivity contribution in [1.29, 1.82) is 0 Å². The van der Waals surface area contributed by atoms with E-state index in [0.717, 1.165) is 19.2 Å². The van der Waals surface area contributed by atoms with Gasteiger partial charge >= 0.3 is 0 Å². The molecule has 0 aliphatic carbocycles. The van der Waals surface area contributed by atoms with Gasteiger partial charge in [0.15, 0.2) is 5.82 Å². The molecule has 0 unspecified atom stereocenters. The number of aromatic nitrogens is 2. The largest absolute Gasteiger partial charge is 0.489 e. The molecule has 0 fully saturated rings. The van der Waals surface area contributed by atoms with Crippen LogP contribution in [0.25, 0.3) is 0 Å². The van der Waals surface area contributed by atoms with Crippen LogP contribution in [0.4, 0.5) is 11.5 Å². The molecule has 0 saturated carbocycles. The van der Waals surface area contributed by atoms with Gasteiger partial charge in [-0.1, -0.05) is 6.42 Å². The fourth-order valence-electron chi connectivity index (χ4n) is 2.54. The van der Waals surface area contributed by atoms with Gasteiger partial charge in [0.05, 0.1) is 25.2 Å². The van der Waals surface area contributed by atoms with E-state index in [1.807, 2.05) is 0 Å². The van der Waals surface area contributed by atoms with Crippen molar-refractivity contribution in [2.45, 2.75) is 30.2 Å². The van der Waals surface area contributed by atoms with Gasteiger partial charge in [-0.2, -0.15) is 4.98 Å². The highest BCUT2D eigenvalue weighted by atomic mass is 32.2. The summed E-state index contributed by atoms with van der Waals surface area (Å²) in [4.78, 5) is 19.8. The van der Waals surface area contributed by atoms with Crippen LogP contribution in [-0.2, 0) is 14.8 Å². The minimum atomic E-state index is -3.97. The Hall–Kier alpha value is -2.96. The number of hydrogen-bond acceptors (Lipinski definition) is 9. The van der Waals surface area contributed by atoms with Gasteiger partial charge in [0.2, 0.25) is 11.7 Å². The lowest BCUT2D eigenvalue weighted by molar-refractivity contribution is -0.117. The lowest BCUT2D eigenvalue weighted by Gasteiger charge is -2.14. The molecule has 0 bridgehead atoms. The van der Waals surface area contributed by atoms with Crippen molar-refractivity contribution in [1.82, 2.24) is 9.97 Å². The first kappa shape index (κ1) is 23.3. The molecule has 0 aliphatic rings. The molecule has 164 valence electrons. The third-order valence-electron chi connectivity index (χ3n) is 4.14. The molecule has 1 amide bonds. The number of carbonyl (C=O) groups excluding carboxylic acids is 1. The second-order valence-corrected chi connectivity index (χ2v) is 7.96. The quantitative estimate of drug-likeness (QED) is 0.368. The summed E-state index contributed by atoms with van der Waals surface area (Å²) in [7, 11) is -1.25. The van der Waals surface area contributed by atoms with Crippen LogP contribution in [0, 0.1) is 0 Å². The van der Waals surface area contributed by atoms with Crippen LogP contribution in [0.5, 0.6) is 11.6 Å². The normalized spacial score (nSPS) is 12.1. The van der Waals surface area contributed by atoms with Crippen LogP contribution in [0.15, 0.2) is 35.5 Å². The van der Waals surface area contributed by atoms with Gasteiger partial charge in [-0.25, -0.2) is 13.4 Å². The Bertz CT molecular complexity index is 952. The van der Waals surface area contributed by atoms with Gasteiger partial charge < -0.3 is 26.3 Å². The van der Waals surface area contributed by atoms with Gasteiger partial charge in [-0.05, 0) is 43.7 Å². The molecule has 0 spiro atoms. The first-order chi connectivity index (χ1) is 14.3. The second kappa shape index (κ2) is 10.7. The van der Waals surface area contributed by atoms with Crippen LogP contribution >= 0.6 is 0 Å². The summed E-state index contributed by atoms with van der Waals surface area (Å²) in [5, 5.41) is 2.66. The van der Waals surface area contributed by atoms with Crippen molar-refractivity contribution in [3.63, 3.8) is 0 Å². The smallest absolute Gasteiger partial charge is 0.263 e. The maximum absolute atomic E-state index is 12.7. The van der Waals surface area contributed by atoms with Crippen LogP contribution in [0.2, 0.25) is 0 Å². The zero-order chi connectivity index (χ0) is 22.1. The Kier molecular flexibility index (Phi) is 8.33. The average Bonchev–Trinajstić information content (AvgIpc) is 2.73. The summed E-state index contributed by atoms with van der Waals surface area (Å²) in [6.45, 7) is 0.548. The fourth-order valence-corrected chi connectivity index (χ4v) is 3.55. The Balaban J connectivity index is 2.09. The number of carbonyl (C=O) groups is 1. The number of sulfonamides is 1. The standard InChI is InChI=1S/C18H26N6O5S/c1-28-15-16(21-11-22-18(15)29-2)24-30(26,27)13-8-6-12(7-9-13)23-17(25)14(20)5-3-4-10-19/h6-9,11,14H,3-5,10,19-20H2,1-2H3,(H,23,25)(H,21,22,24)/t14-/m0/s1. The molecule has 1 atom stereocenters. The molecule has 0 aliphatic heterocycles. The molecular formula is C18H26N6O5S. The number of unbranched alkanes of at least 4 members (excludes halogenated alkanes) is 1. The van der Waals surface area contributed by atoms with Crippen molar-refractivity contribution in [3.8, 4) is 11.6 Å². The van der Waals surface area contributed by atoms with Crippen molar-refractivity contribution in [2.24, 2.45) is 11.5 Å². The minimum Gasteiger partial charge on any atom is -0.489 e. The highest BCUT2D eigenvalue weighted by Gasteiger charge is 2.21. The Labute approximate surface area is 175 Å². The molecule has 12 heteroatoms. The van der Waals surface area contributed by atoms with Gasteiger partial charge in [0.1, 0.15) is 6.33 Å². The van der Waals surface area contributed by atoms with E-state index in [1.54, 1.807) is 0 Å². The molecule has 0 saturated heterocycles. The molecule has 1 aromatic carbocycles. The molecule has 6 N–H and O–H groups in total. The molecule has 2 rings (SSSR count). The van der Waals surface area contributed by atoms with Crippen LogP contribution in [0.1, 0.15) is 19.3 Å². The van der Waals surface area contributed by atoms with Crippen molar-refractivity contribution < 1.29 is 22.7 Å². The predicted octanol–water partition coefficient (Wildman–Crippen LogP) is 0.689. The summed E-state index contributed by atoms with van der Waals surface area (Å²) in [5.74, 6) is -0.272. The van der Waals surface area contributed by atoms with E-state index in [-0.39, 0.29) is 28.3 Å². The third kappa shape index (κ3) is 6.02. The first-order valence-electron chi connectivity index (χ1n) is 9.14. The number of amides is 1. The molecule has 1 aromatic heterocycles. The van der Waals surface area contributed by atoms with Crippen molar-refractivity contribution >= 4 is 27.4 Å². The molecule has 2 aromatic rings. The molecule has 1 heterocycles. The molecule has 0 radical (unpaired) electrons. The number of nitrogens with one attached hydrogen (secondary N) is 2. The van der Waals surface area contributed by atoms with Gasteiger partial charge in [0.25, 0.3) is 15.9 Å². The van der Waals surface area contributed by atoms with E-state index < -0.39 is 16.1 Å². The van der Waals surface area contributed by atoms with Gasteiger partial charge in [-0.15, -0.1) is 0 Å². The lowest BCUT2D eigenvalue weighted by atomic mass is 10.1. The third-order valence-corrected chi connectivity index (χ3v) is 5.49. The number of nitrogens with two attached hydrogens (primary N) is 2. The van der Waals surface area contributed by atoms with Gasteiger partial charge in [0, 0.05) is 5.69 Å². The predicted molar refractivity (Wildman–Crippen MR) is 112 cm³/mol. The fraction of sp³-hybridized carbons (Fsp3) is 0.389. The van der Waals surface area contributed by atoms with Crippen molar-refractivity contribution in [2.75, 3.05) is 30.8 Å². The number of ether oxygens (including phenoxy) is 2. The highest BCUT2D eigenvalue weighted by molar-refractivity contribution is 7.92. The molecule has 30 heavy (non-hydrogen) atoms. The maximum atomic E-state index is 12.7. The average molecular weight is 439 g/mol. The summed E-state index contributed by atoms with van der Waals surface area (Å²) < 4.78 is 37.8. The zero-order valence-corrected chi connectivity index (χ0v) is 17.6. The number of rotatable bonds is 11. The first-order valence-corrected chi connectivity index (χ1v) is 10.6. The topological polar surface area (TPSA) is 172 Å². The Morgan fingerprint density at radius 2 is 1.83 bits per heavy atom. The monoisotopic (exact) mass is 438 g/mol. The highest BCUT2D eigenvalue weighted by Crippen LogP contribution is 2.32. The molecular weight excluding hydrogens is 412 g/mol. The number of anilines is 2. The number of nitrogens with zero attached hydrogens (tertiary/aromatic N) is 2. The second-order valence-electron chi connectivity index (χ2n) is 6.27. The zero-order valence-electron chi connectivity index (χ0n) is 16.8. The Morgan fingerprint density at radius 3 is 2.43 bits per heavy atom. The van der Waals surface area contributed by atoms with Crippen LogP contribution in [-0.4, -0.2) is 51.1 Å². The number of methoxy groups -OCH3 is 2. The number of hydrogen-bond donors (Lipinski definition) is 4. The SMILES string of the molecule is COc1ncnc(NS(=O)(=O)c2ccc(NC(=O)[C@@H](N)CCCCN)cc2)c1OC. The van der Waals surface area contributed by atoms with E-state index in [1.165, 1.54) is 38.5 Å². The van der Waals surface area contributed by atoms with Gasteiger partial charge in [-0.3, -0.25) is 9.52 Å². The number of benzene rings is 1. The summed E-state index contributed by atoms with van der Waals surface area (Å²) in [6, 6.07) is 4.97. The van der Waals surface area contributed by atoms with Crippen molar-refractivity contribution in [3.05, 3.63) is 30.6 Å². The van der Waals surface area contributed by atoms with E-state index in [2.05, 4.69) is 20.0 Å². The van der Waals surface area contributed by atoms with E-state index >= 15 is 0 Å². The van der Waals surface area contributed by atoms with Crippen LogP contribution < -0.4 is 31.0 Å².